The molecule has 0 aliphatic carbocycles. The monoisotopic (exact) mass is 786 g/mol. The van der Waals surface area contributed by atoms with E-state index >= 15 is 4.55 Å². The molecule has 7 aliphatic heterocycles. The highest BCUT2D eigenvalue weighted by atomic mass is 32.2. The van der Waals surface area contributed by atoms with Crippen LogP contribution in [0.15, 0.2) is 18.2 Å². The number of nitrogens with zero attached hydrogens (tertiary/aromatic N) is 3. The van der Waals surface area contributed by atoms with Crippen molar-refractivity contribution in [2.75, 3.05) is 47.0 Å². The standard InChI is InChI=1S/C40H42N4O11S/c1-17-9-21-10-23-24(13-41)44-25-14-52-39(48)40(22-12-27(50-5)26(46)11-20(22)7-8-42-40)15-56(49)38(32(44)31(43(23)4)28(21)33(47)34(17)51-6)30-29(25)37-36(53-16-54-37)18(2)35(30)55-19(3)45/h9,11-12,23-25,31-32,38,42,46-47H,7-8,10,14-16H2,1-6H3/t23-,24-,25-,31?,32?,38+,40+,56?/m0/s1. The number of fused-ring (bicyclic) bond motifs is 9. The Hall–Kier alpha value is -4.92. The van der Waals surface area contributed by atoms with Crippen LogP contribution in [0.3, 0.4) is 0 Å². The molecule has 0 aromatic heterocycles. The summed E-state index contributed by atoms with van der Waals surface area (Å²) < 4.78 is 51.8. The van der Waals surface area contributed by atoms with Crippen LogP contribution in [-0.2, 0) is 43.9 Å². The van der Waals surface area contributed by atoms with E-state index in [-0.39, 0.29) is 48.2 Å². The molecule has 3 aromatic rings. The van der Waals surface area contributed by atoms with Gasteiger partial charge in [-0.2, -0.15) is 5.26 Å². The summed E-state index contributed by atoms with van der Waals surface area (Å²) in [6, 6.07) is 4.10. The number of piperazine rings is 1. The Morgan fingerprint density at radius 1 is 1.07 bits per heavy atom. The number of phenolic OH excluding ortho intramolecular Hbond substituents is 2. The van der Waals surface area contributed by atoms with Gasteiger partial charge in [0.2, 0.25) is 6.79 Å². The van der Waals surface area contributed by atoms with E-state index in [9.17, 15) is 25.1 Å². The second kappa shape index (κ2) is 13.1. The number of benzene rings is 3. The van der Waals surface area contributed by atoms with Gasteiger partial charge in [0.05, 0.1) is 44.0 Å². The number of nitriles is 1. The molecule has 4 bridgehead atoms. The highest BCUT2D eigenvalue weighted by Crippen LogP contribution is 2.63. The first kappa shape index (κ1) is 36.7. The number of aryl methyl sites for hydroxylation is 1. The zero-order valence-electron chi connectivity index (χ0n) is 31.8. The molecule has 15 nitrogen and oxygen atoms in total. The second-order valence-corrected chi connectivity index (χ2v) is 16.9. The molecule has 0 amide bonds. The number of carbonyl (C=O) groups excluding carboxylic acids is 2. The van der Waals surface area contributed by atoms with E-state index in [0.717, 1.165) is 11.1 Å². The number of phenols is 2. The minimum atomic E-state index is -2.06. The summed E-state index contributed by atoms with van der Waals surface area (Å²) in [7, 11) is 4.81. The fourth-order valence-corrected chi connectivity index (χ4v) is 12.5. The Bertz CT molecular complexity index is 2260. The number of methoxy groups -OCH3 is 2. The predicted octanol–water partition coefficient (Wildman–Crippen LogP) is 3.00. The summed E-state index contributed by atoms with van der Waals surface area (Å²) >= 11 is -2.06. The number of aromatic hydroxyl groups is 2. The van der Waals surface area contributed by atoms with Crippen molar-refractivity contribution in [3.8, 4) is 46.3 Å². The molecule has 2 saturated heterocycles. The fraction of sp³-hybridized carbons (Fsp3) is 0.475. The van der Waals surface area contributed by atoms with E-state index in [4.69, 9.17) is 28.4 Å². The number of ether oxygens (including phenoxy) is 6. The third kappa shape index (κ3) is 4.91. The molecule has 7 aliphatic rings. The Balaban J connectivity index is 1.36. The SMILES string of the molecule is COc1cc2c(cc1O)CCN[C@]21C[S+]([O-])[C@@H]2c3c(OC(C)=O)c(C)c4c(c3[C@H](COC1=O)N1C2C2c3c(cc(C)c(OC)c3O)C[C@@H]([C@@H]1C#N)N2C)OCO4. The van der Waals surface area contributed by atoms with Crippen molar-refractivity contribution in [1.29, 1.82) is 5.26 Å². The number of esters is 2. The average molecular weight is 787 g/mol. The van der Waals surface area contributed by atoms with Gasteiger partial charge in [0.15, 0.2) is 45.3 Å². The van der Waals surface area contributed by atoms with Crippen molar-refractivity contribution in [3.05, 3.63) is 62.7 Å². The smallest absolute Gasteiger partial charge is 0.336 e. The molecule has 8 atom stereocenters. The highest BCUT2D eigenvalue weighted by molar-refractivity contribution is 7.91. The molecule has 3 aromatic carbocycles. The maximum atomic E-state index is 16.0. The Labute approximate surface area is 326 Å². The van der Waals surface area contributed by atoms with Gasteiger partial charge in [0.1, 0.15) is 24.2 Å². The number of likely N-dealkylation sites (N-methyl/N-ethyl adjacent to an activating group) is 1. The molecule has 294 valence electrons. The van der Waals surface area contributed by atoms with E-state index in [0.29, 0.717) is 70.0 Å². The summed E-state index contributed by atoms with van der Waals surface area (Å²) in [5.74, 6) is -0.469. The molecule has 3 unspecified atom stereocenters. The lowest BCUT2D eigenvalue weighted by molar-refractivity contribution is -0.157. The topological polar surface area (TPSA) is 195 Å². The number of hydrogen-bond donors (Lipinski definition) is 3. The largest absolute Gasteiger partial charge is 0.616 e. The molecule has 3 N–H and O–H groups in total. The molecule has 10 rings (SSSR count). The Morgan fingerprint density at radius 2 is 1.84 bits per heavy atom. The zero-order chi connectivity index (χ0) is 39.5. The quantitative estimate of drug-likeness (QED) is 0.199. The number of carbonyl (C=O) groups is 2. The molecule has 1 spiro atoms. The first-order valence-electron chi connectivity index (χ1n) is 18.5. The number of hydrogen-bond acceptors (Lipinski definition) is 15. The lowest BCUT2D eigenvalue weighted by Gasteiger charge is -2.61. The van der Waals surface area contributed by atoms with E-state index in [2.05, 4.69) is 16.3 Å². The second-order valence-electron chi connectivity index (χ2n) is 15.3. The van der Waals surface area contributed by atoms with Gasteiger partial charge in [-0.25, -0.2) is 4.79 Å². The van der Waals surface area contributed by atoms with Gasteiger partial charge in [0, 0.05) is 36.2 Å². The lowest BCUT2D eigenvalue weighted by atomic mass is 9.71. The predicted molar refractivity (Wildman–Crippen MR) is 199 cm³/mol. The van der Waals surface area contributed by atoms with Crippen LogP contribution < -0.4 is 29.0 Å². The molecule has 56 heavy (non-hydrogen) atoms. The summed E-state index contributed by atoms with van der Waals surface area (Å²) in [5.41, 5.74) is 2.99. The molecular formula is C40H42N4O11S. The van der Waals surface area contributed by atoms with Crippen LogP contribution in [0.25, 0.3) is 0 Å². The highest BCUT2D eigenvalue weighted by Gasteiger charge is 2.65. The van der Waals surface area contributed by atoms with E-state index in [1.54, 1.807) is 19.1 Å². The molecule has 16 heteroatoms. The number of nitrogens with one attached hydrogen (secondary N) is 1. The molecule has 2 fully saturated rings. The molecular weight excluding hydrogens is 745 g/mol. The van der Waals surface area contributed by atoms with E-state index in [1.165, 1.54) is 21.1 Å². The van der Waals surface area contributed by atoms with Crippen LogP contribution >= 0.6 is 0 Å². The maximum absolute atomic E-state index is 16.0. The maximum Gasteiger partial charge on any atom is 0.336 e. The van der Waals surface area contributed by atoms with Gasteiger partial charge < -0.3 is 43.2 Å². The van der Waals surface area contributed by atoms with E-state index < -0.39 is 58.1 Å². The van der Waals surface area contributed by atoms with Crippen molar-refractivity contribution < 1.29 is 52.8 Å². The summed E-state index contributed by atoms with van der Waals surface area (Å²) in [6.45, 7) is 4.79. The third-order valence-electron chi connectivity index (χ3n) is 12.6. The fourth-order valence-electron chi connectivity index (χ4n) is 10.4. The normalized spacial score (nSPS) is 30.0. The first-order valence-corrected chi connectivity index (χ1v) is 19.9. The summed E-state index contributed by atoms with van der Waals surface area (Å²) in [5, 5.41) is 36.2. The Morgan fingerprint density at radius 3 is 2.55 bits per heavy atom. The van der Waals surface area contributed by atoms with Crippen LogP contribution in [0.2, 0.25) is 0 Å². The van der Waals surface area contributed by atoms with Crippen LogP contribution in [0.5, 0.6) is 40.2 Å². The van der Waals surface area contributed by atoms with Crippen molar-refractivity contribution in [3.63, 3.8) is 0 Å². The van der Waals surface area contributed by atoms with Crippen LogP contribution in [-0.4, -0.2) is 102 Å². The van der Waals surface area contributed by atoms with Gasteiger partial charge in [-0.3, -0.25) is 19.9 Å². The van der Waals surface area contributed by atoms with Crippen molar-refractivity contribution in [1.82, 2.24) is 15.1 Å². The van der Waals surface area contributed by atoms with Gasteiger partial charge in [-0.15, -0.1) is 0 Å². The first-order chi connectivity index (χ1) is 26.9. The van der Waals surface area contributed by atoms with Crippen molar-refractivity contribution in [2.24, 2.45) is 0 Å². The minimum absolute atomic E-state index is 0.0492. The third-order valence-corrected chi connectivity index (χ3v) is 14.4. The van der Waals surface area contributed by atoms with Gasteiger partial charge >= 0.3 is 11.9 Å². The minimum Gasteiger partial charge on any atom is -0.616 e. The van der Waals surface area contributed by atoms with Crippen molar-refractivity contribution >= 4 is 23.1 Å². The molecule has 0 saturated carbocycles. The van der Waals surface area contributed by atoms with Gasteiger partial charge in [0.25, 0.3) is 0 Å². The lowest BCUT2D eigenvalue weighted by Crippen LogP contribution is -2.71. The molecule has 7 heterocycles. The zero-order valence-corrected chi connectivity index (χ0v) is 32.6. The van der Waals surface area contributed by atoms with Crippen LogP contribution in [0, 0.1) is 25.2 Å². The van der Waals surface area contributed by atoms with Gasteiger partial charge in [-0.1, -0.05) is 6.07 Å². The van der Waals surface area contributed by atoms with Gasteiger partial charge in [-0.05, 0) is 79.3 Å². The van der Waals surface area contributed by atoms with Crippen molar-refractivity contribution in [2.45, 2.75) is 74.6 Å². The van der Waals surface area contributed by atoms with Crippen LogP contribution in [0.4, 0.5) is 0 Å². The average Bonchev–Trinajstić information content (AvgIpc) is 3.65. The Kier molecular flexibility index (Phi) is 8.56. The van der Waals surface area contributed by atoms with E-state index in [1.807, 2.05) is 24.9 Å². The molecule has 0 radical (unpaired) electrons. The number of rotatable bonds is 3. The van der Waals surface area contributed by atoms with Crippen LogP contribution in [0.1, 0.15) is 68.8 Å². The summed E-state index contributed by atoms with van der Waals surface area (Å²) in [6.07, 6.45) is 0.882. The summed E-state index contributed by atoms with van der Waals surface area (Å²) in [4.78, 5) is 31.8.